The van der Waals surface area contributed by atoms with Gasteiger partial charge in [0.15, 0.2) is 68.7 Å². The van der Waals surface area contributed by atoms with Crippen molar-refractivity contribution in [1.82, 2.24) is 0 Å². The lowest BCUT2D eigenvalue weighted by Gasteiger charge is -2.21. The molecule has 0 amide bonds. The molecule has 0 aliphatic heterocycles. The van der Waals surface area contributed by atoms with E-state index in [-0.39, 0.29) is 49.4 Å². The lowest BCUT2D eigenvalue weighted by Crippen LogP contribution is -1.94. The number of rotatable bonds is 4. The van der Waals surface area contributed by atoms with Gasteiger partial charge in [0.25, 0.3) is 0 Å². The summed E-state index contributed by atoms with van der Waals surface area (Å²) in [5, 5.41) is 166. The smallest absolute Gasteiger partial charge is 0.208 e. The van der Waals surface area contributed by atoms with Gasteiger partial charge in [-0.2, -0.15) is 0 Å². The molecule has 0 unspecified atom stereocenters. The van der Waals surface area contributed by atoms with E-state index < -0.39 is 125 Å². The van der Waals surface area contributed by atoms with Crippen molar-refractivity contribution in [3.8, 4) is 131 Å². The van der Waals surface area contributed by atoms with E-state index >= 15 is 0 Å². The second-order valence-electron chi connectivity index (χ2n) is 13.8. The van der Waals surface area contributed by atoms with Gasteiger partial charge in [-0.1, -0.05) is 78.9 Å². The van der Waals surface area contributed by atoms with Gasteiger partial charge in [-0.15, -0.1) is 0 Å². The first-order chi connectivity index (χ1) is 28.6. The summed E-state index contributed by atoms with van der Waals surface area (Å²) in [7, 11) is 0. The summed E-state index contributed by atoms with van der Waals surface area (Å²) in [5.74, 6) is -16.7. The number of phenols is 15. The highest BCUT2D eigenvalue weighted by molar-refractivity contribution is 6.26. The number of fused-ring (bicyclic) bond motifs is 5. The SMILES string of the molecule is Oc1c(O)c(O)c(-c2c(O)c(O)c3oc4c(O)c(-c5c6ccccc6c(-c6c(O)c(O)c(-c7ccccc7)c(O)c6O)c6ccccc56)c(O)c(O)c4c3c2O)c(O)c1O. The predicted octanol–water partition coefficient (Wildman–Crippen LogP) is 8.14. The van der Waals surface area contributed by atoms with E-state index in [1.807, 2.05) is 0 Å². The minimum Gasteiger partial charge on any atom is -0.506 e. The minimum atomic E-state index is -1.40. The second-order valence-corrected chi connectivity index (χ2v) is 13.8. The molecular weight excluding hydrogens is 784 g/mol. The highest BCUT2D eigenvalue weighted by Gasteiger charge is 2.36. The summed E-state index contributed by atoms with van der Waals surface area (Å²) in [6.07, 6.45) is 0. The van der Waals surface area contributed by atoms with Crippen molar-refractivity contribution < 1.29 is 81.0 Å². The summed E-state index contributed by atoms with van der Waals surface area (Å²) in [6, 6.07) is 20.6. The average Bonchev–Trinajstić information content (AvgIpc) is 3.67. The van der Waals surface area contributed by atoms with Crippen molar-refractivity contribution in [2.24, 2.45) is 0 Å². The molecule has 60 heavy (non-hydrogen) atoms. The number of aromatic hydroxyl groups is 15. The first kappa shape index (κ1) is 36.7. The predicted molar refractivity (Wildman–Crippen MR) is 215 cm³/mol. The molecule has 16 nitrogen and oxygen atoms in total. The molecule has 0 fully saturated rings. The molecule has 1 heterocycles. The molecule has 9 rings (SSSR count). The van der Waals surface area contributed by atoms with Crippen molar-refractivity contribution in [3.63, 3.8) is 0 Å². The van der Waals surface area contributed by atoms with Gasteiger partial charge >= 0.3 is 0 Å². The number of furan rings is 1. The Labute approximate surface area is 333 Å². The largest absolute Gasteiger partial charge is 0.506 e. The molecule has 0 aliphatic carbocycles. The number of hydrogen-bond acceptors (Lipinski definition) is 16. The Morgan fingerprint density at radius 2 is 0.533 bits per heavy atom. The maximum atomic E-state index is 12.0. The summed E-state index contributed by atoms with van der Waals surface area (Å²) >= 11 is 0. The van der Waals surface area contributed by atoms with Crippen molar-refractivity contribution in [2.75, 3.05) is 0 Å². The van der Waals surface area contributed by atoms with Crippen molar-refractivity contribution >= 4 is 43.5 Å². The van der Waals surface area contributed by atoms with Crippen LogP contribution in [-0.2, 0) is 0 Å². The van der Waals surface area contributed by atoms with Gasteiger partial charge in [0.05, 0.1) is 38.6 Å². The summed E-state index contributed by atoms with van der Waals surface area (Å²) in [5.41, 5.74) is -4.35. The fraction of sp³-hybridized carbons (Fsp3) is 0. The van der Waals surface area contributed by atoms with E-state index in [2.05, 4.69) is 0 Å². The molecule has 0 bridgehead atoms. The van der Waals surface area contributed by atoms with E-state index in [0.29, 0.717) is 0 Å². The van der Waals surface area contributed by atoms with Crippen LogP contribution in [0.2, 0.25) is 0 Å². The Morgan fingerprint density at radius 3 is 1.02 bits per heavy atom. The summed E-state index contributed by atoms with van der Waals surface area (Å²) < 4.78 is 5.74. The van der Waals surface area contributed by atoms with Gasteiger partial charge in [0.2, 0.25) is 23.0 Å². The van der Waals surface area contributed by atoms with Crippen LogP contribution >= 0.6 is 0 Å². The van der Waals surface area contributed by atoms with Gasteiger partial charge in [0.1, 0.15) is 5.75 Å². The van der Waals surface area contributed by atoms with Crippen molar-refractivity contribution in [3.05, 3.63) is 78.9 Å². The van der Waals surface area contributed by atoms with Crippen LogP contribution in [0.3, 0.4) is 0 Å². The Bertz CT molecular complexity index is 3250. The first-order valence-corrected chi connectivity index (χ1v) is 17.6. The second kappa shape index (κ2) is 12.5. The van der Waals surface area contributed by atoms with Crippen LogP contribution in [0, 0.1) is 0 Å². The van der Waals surface area contributed by atoms with E-state index in [1.165, 1.54) is 12.1 Å². The topological polar surface area (TPSA) is 317 Å². The molecular formula is C44H28O16. The van der Waals surface area contributed by atoms with Gasteiger partial charge < -0.3 is 81.0 Å². The van der Waals surface area contributed by atoms with Crippen LogP contribution < -0.4 is 0 Å². The Hall–Kier alpha value is -8.92. The lowest BCUT2D eigenvalue weighted by atomic mass is 9.84. The summed E-state index contributed by atoms with van der Waals surface area (Å²) in [4.78, 5) is 0. The zero-order chi connectivity index (χ0) is 42.8. The normalized spacial score (nSPS) is 11.7. The van der Waals surface area contributed by atoms with E-state index in [4.69, 9.17) is 4.42 Å². The molecule has 8 aromatic carbocycles. The van der Waals surface area contributed by atoms with Gasteiger partial charge in [-0.3, -0.25) is 0 Å². The number of hydrogen-bond donors (Lipinski definition) is 15. The van der Waals surface area contributed by atoms with Crippen LogP contribution in [0.1, 0.15) is 0 Å². The molecule has 0 spiro atoms. The third kappa shape index (κ3) is 4.60. The van der Waals surface area contributed by atoms with E-state index in [9.17, 15) is 76.6 Å². The standard InChI is InChI=1S/C44H28O16/c45-28-24(25-34(51)39(56)41(58)40(57)35(25)52)36(53)42(59)44-26(28)27-37(54)33(50)23(38(55)43(27)60-44)21-17-12-6-4-10-15(17)20(16-11-5-7-13-18(16)21)22-31(48)29(46)19(30(47)32(22)49)14-8-2-1-3-9-14/h1-13,45-59H. The fourth-order valence-electron chi connectivity index (χ4n) is 8.02. The molecule has 1 aromatic heterocycles. The maximum Gasteiger partial charge on any atom is 0.208 e. The molecule has 9 aromatic rings. The van der Waals surface area contributed by atoms with Crippen LogP contribution in [0.25, 0.3) is 88.0 Å². The molecule has 15 N–H and O–H groups in total. The Morgan fingerprint density at radius 1 is 0.233 bits per heavy atom. The monoisotopic (exact) mass is 812 g/mol. The fourth-order valence-corrected chi connectivity index (χ4v) is 8.02. The lowest BCUT2D eigenvalue weighted by molar-refractivity contribution is 0.329. The molecule has 0 atom stereocenters. The van der Waals surface area contributed by atoms with E-state index in [0.717, 1.165) is 0 Å². The highest BCUT2D eigenvalue weighted by Crippen LogP contribution is 2.64. The maximum absolute atomic E-state index is 12.0. The molecule has 0 aliphatic rings. The quantitative estimate of drug-likeness (QED) is 0.0453. The first-order valence-electron chi connectivity index (χ1n) is 17.6. The number of phenolic OH excluding ortho intramolecular Hbond substituents is 15. The Balaban J connectivity index is 1.38. The minimum absolute atomic E-state index is 0.0211. The van der Waals surface area contributed by atoms with Crippen molar-refractivity contribution in [1.29, 1.82) is 0 Å². The van der Waals surface area contributed by atoms with Crippen LogP contribution in [0.5, 0.6) is 86.2 Å². The highest BCUT2D eigenvalue weighted by atomic mass is 16.4. The van der Waals surface area contributed by atoms with Crippen molar-refractivity contribution in [2.45, 2.75) is 0 Å². The zero-order valence-corrected chi connectivity index (χ0v) is 30.1. The third-order valence-corrected chi connectivity index (χ3v) is 10.7. The summed E-state index contributed by atoms with van der Waals surface area (Å²) in [6.45, 7) is 0. The molecule has 300 valence electrons. The molecule has 16 heteroatoms. The third-order valence-electron chi connectivity index (χ3n) is 10.7. The van der Waals surface area contributed by atoms with Crippen LogP contribution in [-0.4, -0.2) is 76.6 Å². The van der Waals surface area contributed by atoms with Gasteiger partial charge in [-0.05, 0) is 27.1 Å². The molecule has 0 radical (unpaired) electrons. The molecule has 0 saturated heterocycles. The van der Waals surface area contributed by atoms with Crippen LogP contribution in [0.15, 0.2) is 83.3 Å². The zero-order valence-electron chi connectivity index (χ0n) is 30.1. The Kier molecular flexibility index (Phi) is 7.67. The van der Waals surface area contributed by atoms with Gasteiger partial charge in [0, 0.05) is 11.1 Å². The number of benzene rings is 8. The van der Waals surface area contributed by atoms with Crippen LogP contribution in [0.4, 0.5) is 0 Å². The average molecular weight is 813 g/mol. The molecule has 0 saturated carbocycles. The van der Waals surface area contributed by atoms with Gasteiger partial charge in [-0.25, -0.2) is 0 Å². The van der Waals surface area contributed by atoms with E-state index in [1.54, 1.807) is 66.7 Å².